The average molecular weight is 293 g/mol. The van der Waals surface area contributed by atoms with Crippen LogP contribution < -0.4 is 5.32 Å². The van der Waals surface area contributed by atoms with Crippen LogP contribution in [0.3, 0.4) is 0 Å². The third-order valence-electron chi connectivity index (χ3n) is 2.83. The first-order valence-electron chi connectivity index (χ1n) is 7.94. The molecule has 3 heteroatoms. The molecule has 0 aliphatic carbocycles. The van der Waals surface area contributed by atoms with Gasteiger partial charge in [-0.05, 0) is 39.5 Å². The first kappa shape index (κ1) is 19.7. The van der Waals surface area contributed by atoms with Crippen LogP contribution in [0.2, 0.25) is 0 Å². The van der Waals surface area contributed by atoms with E-state index in [0.717, 1.165) is 12.8 Å². The van der Waals surface area contributed by atoms with Crippen LogP contribution in [0.15, 0.2) is 36.5 Å². The van der Waals surface area contributed by atoms with Gasteiger partial charge in [-0.1, -0.05) is 50.1 Å². The number of nitrogens with one attached hydrogen (secondary N) is 1. The van der Waals surface area contributed by atoms with Crippen molar-refractivity contribution in [1.82, 2.24) is 5.32 Å². The highest BCUT2D eigenvalue weighted by molar-refractivity contribution is 5.87. The topological polar surface area (TPSA) is 49.3 Å². The molecule has 0 unspecified atom stereocenters. The minimum absolute atomic E-state index is 0.183. The summed E-state index contributed by atoms with van der Waals surface area (Å²) in [6.45, 7) is 5.79. The maximum Gasteiger partial charge on any atom is 0.244 e. The third kappa shape index (κ3) is 16.6. The lowest BCUT2D eigenvalue weighted by molar-refractivity contribution is -0.117. The number of amides is 1. The normalized spacial score (nSPS) is 12.8. The number of carbonyl (C=O) groups excluding carboxylic acids is 1. The maximum absolute atomic E-state index is 11.4. The summed E-state index contributed by atoms with van der Waals surface area (Å²) in [5, 5.41) is 12.1. The van der Waals surface area contributed by atoms with Gasteiger partial charge >= 0.3 is 0 Å². The molecule has 0 aromatic heterocycles. The molecule has 0 spiro atoms. The molecule has 0 atom stereocenters. The van der Waals surface area contributed by atoms with Crippen LogP contribution in [0.4, 0.5) is 0 Å². The van der Waals surface area contributed by atoms with Crippen LogP contribution >= 0.6 is 0 Å². The Morgan fingerprint density at radius 1 is 1.05 bits per heavy atom. The van der Waals surface area contributed by atoms with Crippen LogP contribution in [0, 0.1) is 0 Å². The monoisotopic (exact) mass is 293 g/mol. The standard InChI is InChI=1S/C18H31NO2/c1-4-5-6-7-8-9-10-11-12-13-14-15-17(20)19-16-18(2,3)21/h8-9,12-15,21H,4-7,10-11,16H2,1-3H3,(H,19,20)/b9-8-,13-12+,15-14+. The molecule has 0 aromatic carbocycles. The Balaban J connectivity index is 3.62. The minimum Gasteiger partial charge on any atom is -0.389 e. The van der Waals surface area contributed by atoms with Gasteiger partial charge in [-0.2, -0.15) is 0 Å². The van der Waals surface area contributed by atoms with E-state index in [1.54, 1.807) is 19.9 Å². The molecule has 0 aliphatic heterocycles. The fourth-order valence-electron chi connectivity index (χ4n) is 1.62. The van der Waals surface area contributed by atoms with E-state index >= 15 is 0 Å². The smallest absolute Gasteiger partial charge is 0.244 e. The van der Waals surface area contributed by atoms with Gasteiger partial charge in [0.2, 0.25) is 5.91 Å². The molecule has 0 rings (SSSR count). The van der Waals surface area contributed by atoms with E-state index in [2.05, 4.69) is 30.5 Å². The van der Waals surface area contributed by atoms with E-state index in [0.29, 0.717) is 0 Å². The number of carbonyl (C=O) groups is 1. The fourth-order valence-corrected chi connectivity index (χ4v) is 1.62. The lowest BCUT2D eigenvalue weighted by Crippen LogP contribution is -2.37. The van der Waals surface area contributed by atoms with Gasteiger partial charge in [-0.15, -0.1) is 0 Å². The Labute approximate surface area is 129 Å². The lowest BCUT2D eigenvalue weighted by atomic mass is 10.1. The third-order valence-corrected chi connectivity index (χ3v) is 2.83. The molecule has 0 aliphatic rings. The summed E-state index contributed by atoms with van der Waals surface area (Å²) in [7, 11) is 0. The van der Waals surface area contributed by atoms with E-state index in [1.807, 2.05) is 6.08 Å². The summed E-state index contributed by atoms with van der Waals surface area (Å²) >= 11 is 0. The molecule has 0 aromatic rings. The first-order chi connectivity index (χ1) is 9.95. The summed E-state index contributed by atoms with van der Waals surface area (Å²) < 4.78 is 0. The second kappa shape index (κ2) is 12.4. The molecule has 0 radical (unpaired) electrons. The van der Waals surface area contributed by atoms with Crippen LogP contribution in [0.25, 0.3) is 0 Å². The van der Waals surface area contributed by atoms with Gasteiger partial charge in [0.15, 0.2) is 0 Å². The van der Waals surface area contributed by atoms with Crippen LogP contribution in [0.5, 0.6) is 0 Å². The SMILES string of the molecule is CCCCC/C=C\CC/C=C/C=C/C(=O)NCC(C)(C)O. The van der Waals surface area contributed by atoms with E-state index in [1.165, 1.54) is 31.8 Å². The van der Waals surface area contributed by atoms with Gasteiger partial charge in [0.05, 0.1) is 5.60 Å². The predicted molar refractivity (Wildman–Crippen MR) is 90.1 cm³/mol. The number of allylic oxidation sites excluding steroid dienone is 5. The van der Waals surface area contributed by atoms with Crippen molar-refractivity contribution < 1.29 is 9.90 Å². The summed E-state index contributed by atoms with van der Waals surface area (Å²) in [6, 6.07) is 0. The molecule has 0 bridgehead atoms. The fraction of sp³-hybridized carbons (Fsp3) is 0.611. The van der Waals surface area contributed by atoms with E-state index in [4.69, 9.17) is 0 Å². The zero-order valence-corrected chi connectivity index (χ0v) is 13.8. The number of aliphatic hydroxyl groups is 1. The van der Waals surface area contributed by atoms with E-state index < -0.39 is 5.60 Å². The number of hydrogen-bond donors (Lipinski definition) is 2. The summed E-state index contributed by atoms with van der Waals surface area (Å²) in [4.78, 5) is 11.4. The minimum atomic E-state index is -0.872. The number of hydrogen-bond acceptors (Lipinski definition) is 2. The zero-order valence-electron chi connectivity index (χ0n) is 13.8. The van der Waals surface area contributed by atoms with Gasteiger partial charge in [-0.3, -0.25) is 4.79 Å². The average Bonchev–Trinajstić information content (AvgIpc) is 2.42. The van der Waals surface area contributed by atoms with Crippen molar-refractivity contribution in [3.05, 3.63) is 36.5 Å². The second-order valence-corrected chi connectivity index (χ2v) is 5.86. The van der Waals surface area contributed by atoms with E-state index in [-0.39, 0.29) is 12.5 Å². The highest BCUT2D eigenvalue weighted by Gasteiger charge is 2.12. The molecular formula is C18H31NO2. The van der Waals surface area contributed by atoms with Crippen molar-refractivity contribution in [2.24, 2.45) is 0 Å². The van der Waals surface area contributed by atoms with Gasteiger partial charge in [0.25, 0.3) is 0 Å². The largest absolute Gasteiger partial charge is 0.389 e. The Hall–Kier alpha value is -1.35. The molecule has 1 amide bonds. The highest BCUT2D eigenvalue weighted by atomic mass is 16.3. The summed E-state index contributed by atoms with van der Waals surface area (Å²) in [6.07, 6.45) is 18.7. The summed E-state index contributed by atoms with van der Waals surface area (Å²) in [5.41, 5.74) is -0.872. The van der Waals surface area contributed by atoms with Gasteiger partial charge in [0.1, 0.15) is 0 Å². The van der Waals surface area contributed by atoms with Crippen molar-refractivity contribution in [3.8, 4) is 0 Å². The summed E-state index contributed by atoms with van der Waals surface area (Å²) in [5.74, 6) is -0.183. The Bertz CT molecular complexity index is 349. The maximum atomic E-state index is 11.4. The Morgan fingerprint density at radius 2 is 1.71 bits per heavy atom. The molecule has 0 saturated heterocycles. The molecular weight excluding hydrogens is 262 g/mol. The second-order valence-electron chi connectivity index (χ2n) is 5.86. The molecule has 0 fully saturated rings. The van der Waals surface area contributed by atoms with Crippen molar-refractivity contribution in [3.63, 3.8) is 0 Å². The van der Waals surface area contributed by atoms with Crippen molar-refractivity contribution in [2.75, 3.05) is 6.54 Å². The highest BCUT2D eigenvalue weighted by Crippen LogP contribution is 2.01. The molecule has 21 heavy (non-hydrogen) atoms. The Morgan fingerprint density at radius 3 is 2.38 bits per heavy atom. The van der Waals surface area contributed by atoms with Crippen LogP contribution in [0.1, 0.15) is 59.3 Å². The molecule has 3 nitrogen and oxygen atoms in total. The number of rotatable bonds is 11. The molecule has 0 heterocycles. The van der Waals surface area contributed by atoms with Gasteiger partial charge in [0, 0.05) is 12.6 Å². The zero-order chi connectivity index (χ0) is 16.0. The van der Waals surface area contributed by atoms with Crippen LogP contribution in [-0.2, 0) is 4.79 Å². The first-order valence-corrected chi connectivity index (χ1v) is 7.94. The van der Waals surface area contributed by atoms with Crippen molar-refractivity contribution in [1.29, 1.82) is 0 Å². The van der Waals surface area contributed by atoms with Gasteiger partial charge in [-0.25, -0.2) is 0 Å². The molecule has 2 N–H and O–H groups in total. The number of unbranched alkanes of at least 4 members (excludes halogenated alkanes) is 4. The quantitative estimate of drug-likeness (QED) is 0.263. The lowest BCUT2D eigenvalue weighted by Gasteiger charge is -2.16. The Kier molecular flexibility index (Phi) is 11.6. The molecule has 0 saturated carbocycles. The van der Waals surface area contributed by atoms with Gasteiger partial charge < -0.3 is 10.4 Å². The predicted octanol–water partition coefficient (Wildman–Crippen LogP) is 3.90. The van der Waals surface area contributed by atoms with Crippen molar-refractivity contribution in [2.45, 2.75) is 64.9 Å². The van der Waals surface area contributed by atoms with Crippen LogP contribution in [-0.4, -0.2) is 23.2 Å². The molecule has 120 valence electrons. The van der Waals surface area contributed by atoms with Crippen molar-refractivity contribution >= 4 is 5.91 Å². The van der Waals surface area contributed by atoms with E-state index in [9.17, 15) is 9.90 Å².